The summed E-state index contributed by atoms with van der Waals surface area (Å²) < 4.78 is 55.7. The number of carboxylic acid groups (broad SMARTS) is 1. The molecule has 1 aliphatic carbocycles. The third kappa shape index (κ3) is 14.1. The normalized spacial score (nSPS) is 16.2. The number of benzene rings is 2. The predicted octanol–water partition coefficient (Wildman–Crippen LogP) is 4.35. The van der Waals surface area contributed by atoms with Crippen molar-refractivity contribution in [1.29, 1.82) is 0 Å². The van der Waals surface area contributed by atoms with E-state index < -0.39 is 64.3 Å². The molecule has 1 aromatic heterocycles. The number of fused-ring (bicyclic) bond motifs is 1. The largest absolute Gasteiger partial charge is 0.480 e. The van der Waals surface area contributed by atoms with Gasteiger partial charge >= 0.3 is 16.8 Å². The maximum atomic E-state index is 14.3. The number of esters is 1. The summed E-state index contributed by atoms with van der Waals surface area (Å²) in [6.45, 7) is 2.51. The van der Waals surface area contributed by atoms with Gasteiger partial charge in [-0.05, 0) is 67.4 Å². The molecule has 0 amide bonds. The standard InChI is InChI=1S/C15H15ClFN3O3S2.C14H13ClO5S.C5H12NO4P/c1-23-13(21)8-24-12-7-11(10(17)6-9(12)16)18-14-19-4-2-3-5-20(19)15(22)25-14;1-21(19,20)8-5-6-9(10(15)7-8)14(18)13-11(16)3-2-4-12(13)17;1-11(9,10)3-2-4(6)5(7)8/h6-7H,2-5,8H2,1H3;5-7,13H,2-4H2,1H3;4H,2-3,6H2,1H3,(H,7,8)(H,9,10)/b18-14-;;. The Balaban J connectivity index is 0.000000247. The molecule has 2 aliphatic rings. The molecule has 2 atom stereocenters. The molecular formula is C34H40Cl2FN4O12PS3. The fourth-order valence-electron chi connectivity index (χ4n) is 5.21. The zero-order valence-electron chi connectivity index (χ0n) is 30.8. The first kappa shape index (κ1) is 47.9. The van der Waals surface area contributed by atoms with Crippen LogP contribution in [-0.2, 0) is 51.4 Å². The number of hydrogen-bond donors (Lipinski definition) is 3. The minimum atomic E-state index is -3.44. The molecule has 23 heteroatoms. The van der Waals surface area contributed by atoms with E-state index in [1.807, 2.05) is 0 Å². The number of rotatable bonds is 11. The van der Waals surface area contributed by atoms with Gasteiger partial charge in [-0.3, -0.25) is 38.0 Å². The summed E-state index contributed by atoms with van der Waals surface area (Å²) in [6, 6.07) is 5.26. The van der Waals surface area contributed by atoms with Crippen LogP contribution in [0.1, 0.15) is 48.9 Å². The lowest BCUT2D eigenvalue weighted by Crippen LogP contribution is -2.35. The molecular weight excluding hydrogens is 873 g/mol. The van der Waals surface area contributed by atoms with Crippen molar-refractivity contribution < 1.29 is 56.1 Å². The van der Waals surface area contributed by atoms with Gasteiger partial charge in [-0.25, -0.2) is 22.5 Å². The van der Waals surface area contributed by atoms with Crippen molar-refractivity contribution >= 4 is 98.5 Å². The fraction of sp³-hybridized carbons (Fsp3) is 0.441. The van der Waals surface area contributed by atoms with Crippen molar-refractivity contribution in [3.63, 3.8) is 0 Å². The Bertz CT molecular complexity index is 2310. The smallest absolute Gasteiger partial charge is 0.325 e. The number of aliphatic carboxylic acids is 1. The molecule has 1 aliphatic heterocycles. The van der Waals surface area contributed by atoms with Crippen LogP contribution in [0.4, 0.5) is 10.1 Å². The molecule has 312 valence electrons. The van der Waals surface area contributed by atoms with E-state index >= 15 is 0 Å². The third-order valence-corrected chi connectivity index (χ3v) is 13.1. The highest BCUT2D eigenvalue weighted by Crippen LogP contribution is 2.36. The van der Waals surface area contributed by atoms with E-state index in [4.69, 9.17) is 38.9 Å². The summed E-state index contributed by atoms with van der Waals surface area (Å²) in [5.41, 5.74) is 5.17. The number of carboxylic acids is 1. The van der Waals surface area contributed by atoms with Crippen molar-refractivity contribution in [3.8, 4) is 0 Å². The number of carbonyl (C=O) groups is 5. The van der Waals surface area contributed by atoms with E-state index in [-0.39, 0.29) is 62.2 Å². The highest BCUT2D eigenvalue weighted by atomic mass is 35.5. The minimum absolute atomic E-state index is 0.00216. The van der Waals surface area contributed by atoms with Crippen LogP contribution in [0.15, 0.2) is 49.9 Å². The number of ketones is 3. The SMILES string of the molecule is COC(=O)CSc1cc(/N=c2\sc(=O)n3n2CCCC3)c(F)cc1Cl.CP(=O)(O)CCC(N)C(=O)O.CS(=O)(=O)c1ccc(C(=O)C2C(=O)CCCC2=O)c(Cl)c1. The summed E-state index contributed by atoms with van der Waals surface area (Å²) in [4.78, 5) is 83.2. The summed E-state index contributed by atoms with van der Waals surface area (Å²) in [6.07, 6.45) is 3.77. The Kier molecular flexibility index (Phi) is 17.6. The number of nitrogens with two attached hydrogens (primary N) is 1. The first-order valence-electron chi connectivity index (χ1n) is 16.9. The average Bonchev–Trinajstić information content (AvgIpc) is 3.45. The van der Waals surface area contributed by atoms with Crippen LogP contribution in [0.25, 0.3) is 0 Å². The van der Waals surface area contributed by atoms with Gasteiger partial charge in [-0.1, -0.05) is 23.2 Å². The minimum Gasteiger partial charge on any atom is -0.480 e. The maximum Gasteiger partial charge on any atom is 0.325 e. The van der Waals surface area contributed by atoms with Crippen molar-refractivity contribution in [3.05, 3.63) is 66.2 Å². The Labute approximate surface area is 344 Å². The monoisotopic (exact) mass is 912 g/mol. The lowest BCUT2D eigenvalue weighted by atomic mass is 9.82. The van der Waals surface area contributed by atoms with Crippen LogP contribution in [0.3, 0.4) is 0 Å². The first-order chi connectivity index (χ1) is 26.5. The molecule has 1 fully saturated rings. The molecule has 1 saturated carbocycles. The summed E-state index contributed by atoms with van der Waals surface area (Å²) in [5, 5.41) is 8.41. The van der Waals surface area contributed by atoms with Crippen molar-refractivity contribution in [2.24, 2.45) is 16.6 Å². The average molecular weight is 914 g/mol. The Morgan fingerprint density at radius 2 is 1.68 bits per heavy atom. The molecule has 57 heavy (non-hydrogen) atoms. The van der Waals surface area contributed by atoms with E-state index in [9.17, 15) is 46.1 Å². The lowest BCUT2D eigenvalue weighted by Gasteiger charge is -2.18. The molecule has 0 bridgehead atoms. The zero-order chi connectivity index (χ0) is 42.8. The van der Waals surface area contributed by atoms with Crippen molar-refractivity contribution in [2.45, 2.75) is 67.4 Å². The number of nitrogens with zero attached hydrogens (tertiary/aromatic N) is 3. The van der Waals surface area contributed by atoms with Gasteiger partial charge in [-0.15, -0.1) is 11.8 Å². The number of hydrogen-bond acceptors (Lipinski definition) is 14. The summed E-state index contributed by atoms with van der Waals surface area (Å²) in [5.74, 6) is -4.83. The van der Waals surface area contributed by atoms with E-state index in [1.54, 1.807) is 9.36 Å². The van der Waals surface area contributed by atoms with E-state index in [1.165, 1.54) is 32.0 Å². The van der Waals surface area contributed by atoms with Crippen LogP contribution in [-0.4, -0.2) is 95.1 Å². The van der Waals surface area contributed by atoms with Crippen molar-refractivity contribution in [1.82, 2.24) is 9.36 Å². The van der Waals surface area contributed by atoms with E-state index in [0.717, 1.165) is 54.3 Å². The van der Waals surface area contributed by atoms with Crippen molar-refractivity contribution in [2.75, 3.05) is 31.9 Å². The van der Waals surface area contributed by atoms with Gasteiger partial charge in [0.15, 0.2) is 34.6 Å². The number of halogens is 3. The number of thioether (sulfide) groups is 1. The summed E-state index contributed by atoms with van der Waals surface area (Å²) >= 11 is 14.1. The second-order valence-corrected chi connectivity index (χ2v) is 20.1. The van der Waals surface area contributed by atoms with Crippen LogP contribution >= 0.6 is 53.7 Å². The van der Waals surface area contributed by atoms with Crippen LogP contribution in [0.5, 0.6) is 0 Å². The van der Waals surface area contributed by atoms with E-state index in [0.29, 0.717) is 29.2 Å². The molecule has 16 nitrogen and oxygen atoms in total. The maximum absolute atomic E-state index is 14.3. The number of Topliss-reactive ketones (excluding diaryl/α,β-unsaturated/α-hetero) is 3. The highest BCUT2D eigenvalue weighted by Gasteiger charge is 2.37. The van der Waals surface area contributed by atoms with Gasteiger partial charge in [-0.2, -0.15) is 0 Å². The van der Waals surface area contributed by atoms with Crippen LogP contribution in [0, 0.1) is 11.7 Å². The molecule has 0 radical (unpaired) electrons. The second-order valence-electron chi connectivity index (χ2n) is 12.8. The van der Waals surface area contributed by atoms with Crippen LogP contribution < -0.4 is 15.4 Å². The van der Waals surface area contributed by atoms with Gasteiger partial charge in [0.2, 0.25) is 4.80 Å². The second kappa shape index (κ2) is 21.0. The molecule has 5 rings (SSSR count). The summed E-state index contributed by atoms with van der Waals surface area (Å²) in [7, 11) is -5.25. The number of ether oxygens (including phenoxy) is 1. The lowest BCUT2D eigenvalue weighted by molar-refractivity contribution is -0.139. The molecule has 2 heterocycles. The molecule has 2 unspecified atom stereocenters. The van der Waals surface area contributed by atoms with Crippen LogP contribution in [0.2, 0.25) is 10.0 Å². The first-order valence-corrected chi connectivity index (χ1v) is 23.7. The van der Waals surface area contributed by atoms with Gasteiger partial charge < -0.3 is 20.5 Å². The fourth-order valence-corrected chi connectivity index (χ4v) is 8.94. The third-order valence-electron chi connectivity index (χ3n) is 8.24. The molecule has 0 spiro atoms. The number of aromatic nitrogens is 2. The zero-order valence-corrected chi connectivity index (χ0v) is 35.7. The molecule has 4 N–H and O–H groups in total. The molecule has 2 aromatic carbocycles. The van der Waals surface area contributed by atoms with Gasteiger partial charge in [0.05, 0.1) is 27.8 Å². The molecule has 3 aromatic rings. The number of sulfone groups is 1. The van der Waals surface area contributed by atoms with Gasteiger partial charge in [0.25, 0.3) is 0 Å². The van der Waals surface area contributed by atoms with Gasteiger partial charge in [0.1, 0.15) is 23.5 Å². The van der Waals surface area contributed by atoms with E-state index in [2.05, 4.69) is 9.73 Å². The quantitative estimate of drug-likeness (QED) is 0.0796. The number of carbonyl (C=O) groups excluding carboxylic acids is 4. The topological polar surface area (TPSA) is 252 Å². The predicted molar refractivity (Wildman–Crippen MR) is 212 cm³/mol. The Hall–Kier alpha value is -3.49. The van der Waals surface area contributed by atoms with Gasteiger partial charge in [0, 0.05) is 55.5 Å². The number of methoxy groups -OCH3 is 1. The Morgan fingerprint density at radius 1 is 1.07 bits per heavy atom. The highest BCUT2D eigenvalue weighted by molar-refractivity contribution is 8.00. The Morgan fingerprint density at radius 3 is 2.23 bits per heavy atom. The molecule has 0 saturated heterocycles.